The van der Waals surface area contributed by atoms with Gasteiger partial charge in [-0.2, -0.15) is 5.10 Å². The number of hydrogen-bond donors (Lipinski definition) is 3. The average Bonchev–Trinajstić information content (AvgIpc) is 2.76. The van der Waals surface area contributed by atoms with Crippen molar-refractivity contribution in [3.63, 3.8) is 0 Å². The molecule has 0 saturated heterocycles. The molecule has 2 rings (SSSR count). The Morgan fingerprint density at radius 3 is 2.79 bits per heavy atom. The lowest BCUT2D eigenvalue weighted by Gasteiger charge is -2.07. The van der Waals surface area contributed by atoms with Gasteiger partial charge in [-0.15, -0.1) is 0 Å². The lowest BCUT2D eigenvalue weighted by atomic mass is 10.3. The first-order valence-electron chi connectivity index (χ1n) is 5.43. The Morgan fingerprint density at radius 1 is 1.47 bits per heavy atom. The molecule has 0 radical (unpaired) electrons. The minimum absolute atomic E-state index is 0.0792. The van der Waals surface area contributed by atoms with Crippen molar-refractivity contribution in [2.24, 2.45) is 0 Å². The molecule has 0 bridgehead atoms. The van der Waals surface area contributed by atoms with Gasteiger partial charge in [0.1, 0.15) is 0 Å². The van der Waals surface area contributed by atoms with Crippen molar-refractivity contribution in [2.75, 3.05) is 5.73 Å². The van der Waals surface area contributed by atoms with Crippen LogP contribution in [0.1, 0.15) is 11.3 Å². The summed E-state index contributed by atoms with van der Waals surface area (Å²) < 4.78 is 26.6. The highest BCUT2D eigenvalue weighted by atomic mass is 35.5. The van der Waals surface area contributed by atoms with E-state index in [4.69, 9.17) is 17.3 Å². The number of rotatable bonds is 4. The zero-order valence-corrected chi connectivity index (χ0v) is 11.7. The van der Waals surface area contributed by atoms with E-state index in [9.17, 15) is 8.42 Å². The Labute approximate surface area is 116 Å². The molecule has 1 heterocycles. The van der Waals surface area contributed by atoms with Crippen LogP contribution < -0.4 is 10.5 Å². The summed E-state index contributed by atoms with van der Waals surface area (Å²) in [6.07, 6.45) is 1.58. The molecule has 0 atom stereocenters. The number of hydrogen-bond acceptors (Lipinski definition) is 4. The predicted octanol–water partition coefficient (Wildman–Crippen LogP) is 1.43. The van der Waals surface area contributed by atoms with Gasteiger partial charge in [-0.3, -0.25) is 5.10 Å². The summed E-state index contributed by atoms with van der Waals surface area (Å²) in [6, 6.07) is 4.19. The van der Waals surface area contributed by atoms with Crippen LogP contribution in [0.4, 0.5) is 5.69 Å². The molecule has 0 aliphatic heterocycles. The molecule has 1 aromatic heterocycles. The number of aromatic amines is 1. The maximum absolute atomic E-state index is 12.1. The topological polar surface area (TPSA) is 101 Å². The molecule has 0 unspecified atom stereocenters. The molecule has 102 valence electrons. The number of sulfonamides is 1. The summed E-state index contributed by atoms with van der Waals surface area (Å²) in [5, 5.41) is 6.89. The van der Waals surface area contributed by atoms with Crippen LogP contribution in [-0.4, -0.2) is 18.6 Å². The average molecular weight is 301 g/mol. The molecule has 0 saturated carbocycles. The normalized spacial score (nSPS) is 11.7. The second kappa shape index (κ2) is 5.20. The predicted molar refractivity (Wildman–Crippen MR) is 73.2 cm³/mol. The molecule has 8 heteroatoms. The fourth-order valence-electron chi connectivity index (χ4n) is 1.50. The van der Waals surface area contributed by atoms with Gasteiger partial charge in [-0.05, 0) is 25.1 Å². The number of nitrogens with two attached hydrogens (primary N) is 1. The smallest absolute Gasteiger partial charge is 0.240 e. The second-order valence-corrected chi connectivity index (χ2v) is 6.20. The van der Waals surface area contributed by atoms with Gasteiger partial charge in [0, 0.05) is 17.8 Å². The number of aryl methyl sites for hydroxylation is 1. The number of nitrogens with zero attached hydrogens (tertiary/aromatic N) is 1. The van der Waals surface area contributed by atoms with Gasteiger partial charge in [0.05, 0.1) is 21.8 Å². The van der Waals surface area contributed by atoms with Gasteiger partial charge in [0.15, 0.2) is 0 Å². The van der Waals surface area contributed by atoms with E-state index in [0.717, 1.165) is 11.3 Å². The van der Waals surface area contributed by atoms with Crippen molar-refractivity contribution < 1.29 is 8.42 Å². The monoisotopic (exact) mass is 300 g/mol. The minimum atomic E-state index is -3.62. The zero-order chi connectivity index (χ0) is 14.0. The first-order chi connectivity index (χ1) is 8.90. The van der Waals surface area contributed by atoms with Crippen molar-refractivity contribution in [1.82, 2.24) is 14.9 Å². The molecular weight excluding hydrogens is 288 g/mol. The van der Waals surface area contributed by atoms with Gasteiger partial charge in [0.25, 0.3) is 0 Å². The third kappa shape index (κ3) is 3.06. The van der Waals surface area contributed by atoms with Crippen LogP contribution in [-0.2, 0) is 16.6 Å². The Kier molecular flexibility index (Phi) is 3.79. The summed E-state index contributed by atoms with van der Waals surface area (Å²) in [5.74, 6) is 0. The molecule has 0 fully saturated rings. The van der Waals surface area contributed by atoms with E-state index < -0.39 is 10.0 Å². The molecular formula is C11H13ClN4O2S. The zero-order valence-electron chi connectivity index (χ0n) is 10.1. The van der Waals surface area contributed by atoms with Crippen molar-refractivity contribution >= 4 is 27.3 Å². The molecule has 0 aliphatic carbocycles. The molecule has 19 heavy (non-hydrogen) atoms. The lowest BCUT2D eigenvalue weighted by molar-refractivity contribution is 0.581. The van der Waals surface area contributed by atoms with Crippen LogP contribution in [0.5, 0.6) is 0 Å². The van der Waals surface area contributed by atoms with E-state index in [0.29, 0.717) is 5.02 Å². The van der Waals surface area contributed by atoms with Gasteiger partial charge in [-0.25, -0.2) is 13.1 Å². The van der Waals surface area contributed by atoms with Crippen molar-refractivity contribution in [3.8, 4) is 0 Å². The largest absolute Gasteiger partial charge is 0.397 e. The Balaban J connectivity index is 2.18. The molecule has 0 amide bonds. The van der Waals surface area contributed by atoms with E-state index in [1.807, 2.05) is 6.92 Å². The first kappa shape index (κ1) is 13.9. The van der Waals surface area contributed by atoms with Gasteiger partial charge >= 0.3 is 0 Å². The highest BCUT2D eigenvalue weighted by Gasteiger charge is 2.15. The van der Waals surface area contributed by atoms with Crippen LogP contribution in [0.2, 0.25) is 5.02 Å². The summed E-state index contributed by atoms with van der Waals surface area (Å²) in [6.45, 7) is 1.98. The van der Waals surface area contributed by atoms with Crippen molar-refractivity contribution in [1.29, 1.82) is 0 Å². The molecule has 1 aromatic carbocycles. The fourth-order valence-corrected chi connectivity index (χ4v) is 2.66. The van der Waals surface area contributed by atoms with Crippen molar-refractivity contribution in [2.45, 2.75) is 18.4 Å². The summed E-state index contributed by atoms with van der Waals surface area (Å²) in [4.78, 5) is 0.0792. The van der Waals surface area contributed by atoms with E-state index in [1.165, 1.54) is 18.2 Å². The number of anilines is 1. The molecule has 0 aliphatic rings. The van der Waals surface area contributed by atoms with E-state index >= 15 is 0 Å². The number of nitrogen functional groups attached to an aromatic ring is 1. The molecule has 6 nitrogen and oxygen atoms in total. The van der Waals surface area contributed by atoms with Crippen LogP contribution in [0.3, 0.4) is 0 Å². The van der Waals surface area contributed by atoms with E-state index in [-0.39, 0.29) is 17.1 Å². The highest BCUT2D eigenvalue weighted by Crippen LogP contribution is 2.22. The number of benzene rings is 1. The van der Waals surface area contributed by atoms with Gasteiger partial charge in [0.2, 0.25) is 10.0 Å². The van der Waals surface area contributed by atoms with Crippen LogP contribution in [0.25, 0.3) is 0 Å². The Bertz CT molecular complexity index is 696. The number of halogens is 1. The molecule has 4 N–H and O–H groups in total. The quantitative estimate of drug-likeness (QED) is 0.744. The summed E-state index contributed by atoms with van der Waals surface area (Å²) in [7, 11) is -3.62. The molecule has 2 aromatic rings. The van der Waals surface area contributed by atoms with E-state index in [1.54, 1.807) is 6.20 Å². The fraction of sp³-hybridized carbons (Fsp3) is 0.182. The second-order valence-electron chi connectivity index (χ2n) is 4.03. The lowest BCUT2D eigenvalue weighted by Crippen LogP contribution is -2.23. The van der Waals surface area contributed by atoms with Gasteiger partial charge < -0.3 is 5.73 Å². The number of nitrogens with one attached hydrogen (secondary N) is 2. The Hall–Kier alpha value is -1.57. The SMILES string of the molecule is Cc1[nH]ncc1CNS(=O)(=O)c1ccc(Cl)c(N)c1. The van der Waals surface area contributed by atoms with Gasteiger partial charge in [-0.1, -0.05) is 11.6 Å². The summed E-state index contributed by atoms with van der Waals surface area (Å²) >= 11 is 5.76. The van der Waals surface area contributed by atoms with Crippen molar-refractivity contribution in [3.05, 3.63) is 40.7 Å². The minimum Gasteiger partial charge on any atom is -0.397 e. The maximum atomic E-state index is 12.1. The first-order valence-corrected chi connectivity index (χ1v) is 7.30. The standard InChI is InChI=1S/C11H13ClN4O2S/c1-7-8(5-14-16-7)6-15-19(17,18)9-2-3-10(12)11(13)4-9/h2-5,15H,6,13H2,1H3,(H,14,16). The highest BCUT2D eigenvalue weighted by molar-refractivity contribution is 7.89. The third-order valence-corrected chi connectivity index (χ3v) is 4.41. The Morgan fingerprint density at radius 2 is 2.21 bits per heavy atom. The van der Waals surface area contributed by atoms with Crippen LogP contribution in [0.15, 0.2) is 29.3 Å². The number of aromatic nitrogens is 2. The third-order valence-electron chi connectivity index (χ3n) is 2.66. The van der Waals surface area contributed by atoms with Crippen LogP contribution >= 0.6 is 11.6 Å². The number of H-pyrrole nitrogens is 1. The van der Waals surface area contributed by atoms with E-state index in [2.05, 4.69) is 14.9 Å². The summed E-state index contributed by atoms with van der Waals surface area (Å²) in [5.41, 5.74) is 7.42. The maximum Gasteiger partial charge on any atom is 0.240 e. The van der Waals surface area contributed by atoms with Crippen LogP contribution in [0, 0.1) is 6.92 Å². The molecule has 0 spiro atoms.